The lowest BCUT2D eigenvalue weighted by molar-refractivity contribution is -0.108. The van der Waals surface area contributed by atoms with E-state index < -0.39 is 5.60 Å². The van der Waals surface area contributed by atoms with E-state index in [9.17, 15) is 9.50 Å². The van der Waals surface area contributed by atoms with Crippen LogP contribution in [-0.4, -0.2) is 41.5 Å². The summed E-state index contributed by atoms with van der Waals surface area (Å²) in [5.74, 6) is 0.540. The molecule has 2 aliphatic heterocycles. The maximum atomic E-state index is 13.0. The largest absolute Gasteiger partial charge is 0.390 e. The Hall–Kier alpha value is -1.20. The molecule has 0 aromatic carbocycles. The molecule has 0 spiro atoms. The Balaban J connectivity index is 1.83. The van der Waals surface area contributed by atoms with Crippen molar-refractivity contribution in [3.8, 4) is 0 Å². The quantitative estimate of drug-likeness (QED) is 0.899. The Kier molecular flexibility index (Phi) is 3.65. The summed E-state index contributed by atoms with van der Waals surface area (Å²) in [5, 5.41) is 10.6. The number of pyridine rings is 1. The van der Waals surface area contributed by atoms with Crippen molar-refractivity contribution in [3.63, 3.8) is 0 Å². The second-order valence-corrected chi connectivity index (χ2v) is 6.03. The fourth-order valence-electron chi connectivity index (χ4n) is 3.41. The molecular formula is C15H21FN2O2. The Labute approximate surface area is 118 Å². The van der Waals surface area contributed by atoms with Crippen LogP contribution in [0.2, 0.25) is 0 Å². The maximum Gasteiger partial charge on any atom is 0.141 e. The summed E-state index contributed by atoms with van der Waals surface area (Å²) < 4.78 is 18.6. The van der Waals surface area contributed by atoms with Gasteiger partial charge in [0, 0.05) is 25.1 Å². The Morgan fingerprint density at radius 1 is 1.50 bits per heavy atom. The average molecular weight is 280 g/mol. The highest BCUT2D eigenvalue weighted by Gasteiger charge is 2.44. The van der Waals surface area contributed by atoms with Crippen molar-refractivity contribution in [2.75, 3.05) is 24.7 Å². The molecule has 3 rings (SSSR count). The first kappa shape index (κ1) is 13.8. The van der Waals surface area contributed by atoms with Crippen LogP contribution in [0.5, 0.6) is 0 Å². The molecule has 4 nitrogen and oxygen atoms in total. The molecule has 2 fully saturated rings. The molecule has 110 valence electrons. The molecule has 1 aromatic heterocycles. The van der Waals surface area contributed by atoms with Crippen molar-refractivity contribution in [1.82, 2.24) is 4.98 Å². The summed E-state index contributed by atoms with van der Waals surface area (Å²) in [7, 11) is 0. The van der Waals surface area contributed by atoms with Crippen LogP contribution in [0, 0.1) is 11.7 Å². The van der Waals surface area contributed by atoms with Crippen LogP contribution < -0.4 is 4.90 Å². The minimum atomic E-state index is -0.703. The van der Waals surface area contributed by atoms with Gasteiger partial charge in [0.15, 0.2) is 0 Å². The monoisotopic (exact) mass is 280 g/mol. The Bertz CT molecular complexity index is 463. The summed E-state index contributed by atoms with van der Waals surface area (Å²) >= 11 is 0. The topological polar surface area (TPSA) is 45.6 Å². The van der Waals surface area contributed by atoms with Gasteiger partial charge in [-0.2, -0.15) is 0 Å². The highest BCUT2D eigenvalue weighted by atomic mass is 19.1. The van der Waals surface area contributed by atoms with Gasteiger partial charge >= 0.3 is 0 Å². The predicted molar refractivity (Wildman–Crippen MR) is 74.1 cm³/mol. The van der Waals surface area contributed by atoms with Crippen molar-refractivity contribution in [3.05, 3.63) is 24.1 Å². The molecule has 3 atom stereocenters. The van der Waals surface area contributed by atoms with Crippen LogP contribution >= 0.6 is 0 Å². The summed E-state index contributed by atoms with van der Waals surface area (Å²) in [6.45, 7) is 3.99. The number of aliphatic hydroxyl groups is 1. The minimum Gasteiger partial charge on any atom is -0.390 e. The molecule has 0 aliphatic carbocycles. The van der Waals surface area contributed by atoms with E-state index in [1.165, 1.54) is 12.3 Å². The van der Waals surface area contributed by atoms with Gasteiger partial charge in [0.1, 0.15) is 11.6 Å². The molecule has 5 heteroatoms. The molecule has 2 saturated heterocycles. The van der Waals surface area contributed by atoms with Gasteiger partial charge in [0.25, 0.3) is 0 Å². The fourth-order valence-corrected chi connectivity index (χ4v) is 3.41. The zero-order valence-electron chi connectivity index (χ0n) is 11.8. The van der Waals surface area contributed by atoms with Crippen LogP contribution in [0.4, 0.5) is 10.2 Å². The third-order valence-corrected chi connectivity index (χ3v) is 4.62. The Morgan fingerprint density at radius 2 is 2.35 bits per heavy atom. The van der Waals surface area contributed by atoms with E-state index in [1.807, 2.05) is 6.92 Å². The van der Waals surface area contributed by atoms with Crippen LogP contribution in [0.1, 0.15) is 26.2 Å². The zero-order valence-corrected chi connectivity index (χ0v) is 11.8. The van der Waals surface area contributed by atoms with Crippen molar-refractivity contribution < 1.29 is 14.2 Å². The zero-order chi connectivity index (χ0) is 14.2. The van der Waals surface area contributed by atoms with Gasteiger partial charge in [-0.15, -0.1) is 0 Å². The standard InChI is InChI=1S/C15H21FN2O2/c1-15(19)6-8-20-10-12(15)13-3-2-7-18(13)14-5-4-11(16)9-17-14/h4-5,9,12-13,19H,2-3,6-8,10H2,1H3/t12-,13+,15+/m1/s1. The molecule has 1 N–H and O–H groups in total. The number of hydrogen-bond acceptors (Lipinski definition) is 4. The lowest BCUT2D eigenvalue weighted by atomic mass is 9.79. The molecule has 1 aromatic rings. The lowest BCUT2D eigenvalue weighted by Gasteiger charge is -2.43. The SMILES string of the molecule is C[C@]1(O)CCOC[C@@H]1[C@@H]1CCCN1c1ccc(F)cn1. The molecule has 0 saturated carbocycles. The van der Waals surface area contributed by atoms with Crippen molar-refractivity contribution in [1.29, 1.82) is 0 Å². The van der Waals surface area contributed by atoms with Crippen LogP contribution in [0.25, 0.3) is 0 Å². The first-order valence-electron chi connectivity index (χ1n) is 7.26. The predicted octanol–water partition coefficient (Wildman–Crippen LogP) is 1.98. The number of aromatic nitrogens is 1. The summed E-state index contributed by atoms with van der Waals surface area (Å²) in [5.41, 5.74) is -0.703. The van der Waals surface area contributed by atoms with Gasteiger partial charge in [-0.1, -0.05) is 0 Å². The summed E-state index contributed by atoms with van der Waals surface area (Å²) in [6, 6.07) is 3.36. The van der Waals surface area contributed by atoms with Gasteiger partial charge in [0.05, 0.1) is 18.4 Å². The van der Waals surface area contributed by atoms with Crippen LogP contribution in [-0.2, 0) is 4.74 Å². The normalized spacial score (nSPS) is 34.5. The second-order valence-electron chi connectivity index (χ2n) is 6.03. The van der Waals surface area contributed by atoms with Crippen molar-refractivity contribution in [2.24, 2.45) is 5.92 Å². The molecule has 20 heavy (non-hydrogen) atoms. The third-order valence-electron chi connectivity index (χ3n) is 4.62. The number of ether oxygens (including phenoxy) is 1. The van der Waals surface area contributed by atoms with Gasteiger partial charge < -0.3 is 14.7 Å². The number of hydrogen-bond donors (Lipinski definition) is 1. The molecule has 0 radical (unpaired) electrons. The molecular weight excluding hydrogens is 259 g/mol. The third kappa shape index (κ3) is 2.52. The first-order valence-corrected chi connectivity index (χ1v) is 7.26. The molecule has 2 aliphatic rings. The number of anilines is 1. The molecule has 0 unspecified atom stereocenters. The van der Waals surface area contributed by atoms with Gasteiger partial charge in [-0.25, -0.2) is 9.37 Å². The number of nitrogens with zero attached hydrogens (tertiary/aromatic N) is 2. The van der Waals surface area contributed by atoms with E-state index in [0.717, 1.165) is 25.2 Å². The summed E-state index contributed by atoms with van der Waals surface area (Å²) in [6.07, 6.45) is 4.00. The van der Waals surface area contributed by atoms with E-state index >= 15 is 0 Å². The van der Waals surface area contributed by atoms with E-state index in [-0.39, 0.29) is 17.8 Å². The second kappa shape index (κ2) is 5.30. The van der Waals surface area contributed by atoms with E-state index in [4.69, 9.17) is 4.74 Å². The Morgan fingerprint density at radius 3 is 3.05 bits per heavy atom. The highest BCUT2D eigenvalue weighted by molar-refractivity contribution is 5.41. The van der Waals surface area contributed by atoms with Crippen molar-refractivity contribution in [2.45, 2.75) is 37.8 Å². The van der Waals surface area contributed by atoms with Crippen LogP contribution in [0.3, 0.4) is 0 Å². The van der Waals surface area contributed by atoms with Gasteiger partial charge in [0.2, 0.25) is 0 Å². The van der Waals surface area contributed by atoms with E-state index in [0.29, 0.717) is 19.6 Å². The molecule has 0 amide bonds. The summed E-state index contributed by atoms with van der Waals surface area (Å²) in [4.78, 5) is 6.37. The van der Waals surface area contributed by atoms with Crippen molar-refractivity contribution >= 4 is 5.82 Å². The van der Waals surface area contributed by atoms with Crippen LogP contribution in [0.15, 0.2) is 18.3 Å². The smallest absolute Gasteiger partial charge is 0.141 e. The van der Waals surface area contributed by atoms with Gasteiger partial charge in [-0.05, 0) is 38.3 Å². The first-order chi connectivity index (χ1) is 9.58. The average Bonchev–Trinajstić information content (AvgIpc) is 2.88. The minimum absolute atomic E-state index is 0.0746. The highest BCUT2D eigenvalue weighted by Crippen LogP contribution is 2.37. The van der Waals surface area contributed by atoms with Gasteiger partial charge in [-0.3, -0.25) is 0 Å². The molecule has 3 heterocycles. The number of rotatable bonds is 2. The fraction of sp³-hybridized carbons (Fsp3) is 0.667. The maximum absolute atomic E-state index is 13.0. The van der Waals surface area contributed by atoms with E-state index in [1.54, 1.807) is 6.07 Å². The molecule has 0 bridgehead atoms. The lowest BCUT2D eigenvalue weighted by Crippen LogP contribution is -2.52. The van der Waals surface area contributed by atoms with E-state index in [2.05, 4.69) is 9.88 Å². The number of halogens is 1.